The number of fused-ring (bicyclic) bond motifs is 1. The second-order valence-electron chi connectivity index (χ2n) is 4.08. The minimum absolute atomic E-state index is 0.102. The maximum atomic E-state index is 12.0. The van der Waals surface area contributed by atoms with Crippen molar-refractivity contribution in [3.05, 3.63) is 40.8 Å². The molecule has 3 nitrogen and oxygen atoms in total. The molecule has 0 aromatic carbocycles. The Labute approximate surface area is 117 Å². The lowest BCUT2D eigenvalue weighted by Crippen LogP contribution is -2.05. The van der Waals surface area contributed by atoms with Crippen LogP contribution in [0.25, 0.3) is 11.7 Å². The zero-order chi connectivity index (χ0) is 14.8. The third-order valence-corrected chi connectivity index (χ3v) is 2.97. The molecule has 0 aliphatic heterocycles. The van der Waals surface area contributed by atoms with Crippen LogP contribution >= 0.6 is 11.6 Å². The molecule has 0 aliphatic rings. The third-order valence-electron chi connectivity index (χ3n) is 2.65. The van der Waals surface area contributed by atoms with Gasteiger partial charge in [-0.15, -0.1) is 0 Å². The highest BCUT2D eigenvalue weighted by Gasteiger charge is 2.25. The number of imidazole rings is 1. The van der Waals surface area contributed by atoms with Crippen LogP contribution < -0.4 is 0 Å². The number of alkyl halides is 3. The van der Waals surface area contributed by atoms with Gasteiger partial charge in [0, 0.05) is 12.6 Å². The molecule has 0 bridgehead atoms. The predicted octanol–water partition coefficient (Wildman–Crippen LogP) is 4.22. The molecule has 0 fully saturated rings. The van der Waals surface area contributed by atoms with Crippen LogP contribution in [0.1, 0.15) is 24.1 Å². The fraction of sp³-hybridized carbons (Fsp3) is 0.231. The quantitative estimate of drug-likeness (QED) is 0.851. The monoisotopic (exact) mass is 299 g/mol. The molecule has 0 radical (unpaired) electrons. The first-order valence-corrected chi connectivity index (χ1v) is 6.09. The van der Waals surface area contributed by atoms with Crippen molar-refractivity contribution in [1.82, 2.24) is 9.38 Å². The molecule has 0 atom stereocenters. The van der Waals surface area contributed by atoms with E-state index in [2.05, 4.69) is 4.98 Å². The van der Waals surface area contributed by atoms with Crippen molar-refractivity contribution >= 4 is 23.3 Å². The van der Waals surface area contributed by atoms with Crippen LogP contribution in [0, 0.1) is 11.3 Å². The lowest BCUT2D eigenvalue weighted by molar-refractivity contribution is -0.133. The van der Waals surface area contributed by atoms with Gasteiger partial charge in [-0.2, -0.15) is 18.4 Å². The van der Waals surface area contributed by atoms with Gasteiger partial charge in [0.2, 0.25) is 0 Å². The van der Waals surface area contributed by atoms with Gasteiger partial charge in [0.1, 0.15) is 11.6 Å². The summed E-state index contributed by atoms with van der Waals surface area (Å²) in [5, 5.41) is 9.29. The molecule has 0 unspecified atom stereocenters. The molecule has 0 aliphatic carbocycles. The number of aromatic nitrogens is 2. The standard InChI is InChI=1S/C13H9ClF3N3/c14-11-4-6-20-9(3-1-2-5-13(15,16)17)8-19-12(20)10(11)7-18/h1,3-4,6,8H,2,5H2/b3-1+. The van der Waals surface area contributed by atoms with Gasteiger partial charge in [0.25, 0.3) is 0 Å². The number of hydrogen-bond donors (Lipinski definition) is 0. The van der Waals surface area contributed by atoms with E-state index in [0.29, 0.717) is 16.4 Å². The van der Waals surface area contributed by atoms with Crippen molar-refractivity contribution in [2.45, 2.75) is 19.0 Å². The number of nitriles is 1. The van der Waals surface area contributed by atoms with E-state index in [1.807, 2.05) is 6.07 Å². The maximum Gasteiger partial charge on any atom is 0.389 e. The average molecular weight is 300 g/mol. The lowest BCUT2D eigenvalue weighted by atomic mass is 10.2. The maximum absolute atomic E-state index is 12.0. The van der Waals surface area contributed by atoms with Crippen molar-refractivity contribution in [2.24, 2.45) is 0 Å². The van der Waals surface area contributed by atoms with Crippen LogP contribution in [0.3, 0.4) is 0 Å². The highest BCUT2D eigenvalue weighted by molar-refractivity contribution is 6.32. The summed E-state index contributed by atoms with van der Waals surface area (Å²) in [6, 6.07) is 3.49. The van der Waals surface area contributed by atoms with Gasteiger partial charge in [0.05, 0.1) is 16.9 Å². The van der Waals surface area contributed by atoms with Crippen molar-refractivity contribution in [2.75, 3.05) is 0 Å². The Hall–Kier alpha value is -2.00. The number of rotatable bonds is 3. The normalized spacial score (nSPS) is 12.2. The Morgan fingerprint density at radius 1 is 1.45 bits per heavy atom. The molecule has 2 rings (SSSR count). The first-order valence-electron chi connectivity index (χ1n) is 5.71. The molecule has 0 saturated heterocycles. The molecule has 0 saturated carbocycles. The molecular formula is C13H9ClF3N3. The Morgan fingerprint density at radius 3 is 2.85 bits per heavy atom. The number of halogens is 4. The van der Waals surface area contributed by atoms with Gasteiger partial charge in [-0.1, -0.05) is 17.7 Å². The van der Waals surface area contributed by atoms with Crippen LogP contribution in [0.2, 0.25) is 5.02 Å². The summed E-state index contributed by atoms with van der Waals surface area (Å²) in [7, 11) is 0. The predicted molar refractivity (Wildman–Crippen MR) is 69.2 cm³/mol. The highest BCUT2D eigenvalue weighted by Crippen LogP contribution is 2.23. The largest absolute Gasteiger partial charge is 0.389 e. The van der Waals surface area contributed by atoms with Crippen molar-refractivity contribution in [1.29, 1.82) is 5.26 Å². The second-order valence-corrected chi connectivity index (χ2v) is 4.49. The number of allylic oxidation sites excluding steroid dienone is 1. The van der Waals surface area contributed by atoms with Gasteiger partial charge in [-0.05, 0) is 18.6 Å². The van der Waals surface area contributed by atoms with Crippen LogP contribution in [0.4, 0.5) is 13.2 Å². The number of hydrogen-bond acceptors (Lipinski definition) is 2. The fourth-order valence-corrected chi connectivity index (χ4v) is 1.91. The van der Waals surface area contributed by atoms with E-state index in [-0.39, 0.29) is 12.0 Å². The minimum Gasteiger partial charge on any atom is -0.299 e. The SMILES string of the molecule is N#Cc1c(Cl)ccn2c(/C=C/CCC(F)(F)F)cnc12. The zero-order valence-electron chi connectivity index (χ0n) is 10.2. The summed E-state index contributed by atoms with van der Waals surface area (Å²) < 4.78 is 37.7. The van der Waals surface area contributed by atoms with Crippen LogP contribution in [0.5, 0.6) is 0 Å². The van der Waals surface area contributed by atoms with Gasteiger partial charge in [-0.3, -0.25) is 4.40 Å². The molecule has 0 N–H and O–H groups in total. The minimum atomic E-state index is -4.16. The molecule has 2 heterocycles. The molecule has 2 aromatic heterocycles. The van der Waals surface area contributed by atoms with E-state index < -0.39 is 12.6 Å². The molecular weight excluding hydrogens is 291 g/mol. The van der Waals surface area contributed by atoms with Crippen LogP contribution in [0.15, 0.2) is 24.5 Å². The Morgan fingerprint density at radius 2 is 2.20 bits per heavy atom. The summed E-state index contributed by atoms with van der Waals surface area (Å²) in [5.74, 6) is 0. The first-order chi connectivity index (χ1) is 9.42. The van der Waals surface area contributed by atoms with E-state index in [4.69, 9.17) is 16.9 Å². The van der Waals surface area contributed by atoms with E-state index in [9.17, 15) is 13.2 Å². The molecule has 0 spiro atoms. The fourth-order valence-electron chi connectivity index (χ4n) is 1.72. The molecule has 20 heavy (non-hydrogen) atoms. The first kappa shape index (κ1) is 14.4. The van der Waals surface area contributed by atoms with Gasteiger partial charge in [0.15, 0.2) is 5.65 Å². The van der Waals surface area contributed by atoms with Crippen molar-refractivity contribution in [3.8, 4) is 6.07 Å². The zero-order valence-corrected chi connectivity index (χ0v) is 10.9. The average Bonchev–Trinajstić information content (AvgIpc) is 2.76. The van der Waals surface area contributed by atoms with Crippen LogP contribution in [-0.4, -0.2) is 15.6 Å². The Kier molecular flexibility index (Phi) is 4.00. The number of nitrogens with zero attached hydrogens (tertiary/aromatic N) is 3. The summed E-state index contributed by atoms with van der Waals surface area (Å²) >= 11 is 5.87. The van der Waals surface area contributed by atoms with Gasteiger partial charge in [-0.25, -0.2) is 4.98 Å². The summed E-state index contributed by atoms with van der Waals surface area (Å²) in [4.78, 5) is 4.06. The van der Waals surface area contributed by atoms with Gasteiger partial charge >= 0.3 is 6.18 Å². The molecule has 7 heteroatoms. The van der Waals surface area contributed by atoms with Crippen molar-refractivity contribution in [3.63, 3.8) is 0 Å². The molecule has 0 amide bonds. The highest BCUT2D eigenvalue weighted by atomic mass is 35.5. The molecule has 2 aromatic rings. The second kappa shape index (κ2) is 5.55. The third kappa shape index (κ3) is 3.11. The van der Waals surface area contributed by atoms with E-state index in [1.165, 1.54) is 12.3 Å². The molecule has 104 valence electrons. The summed E-state index contributed by atoms with van der Waals surface area (Å²) in [5.41, 5.74) is 1.22. The smallest absolute Gasteiger partial charge is 0.299 e. The van der Waals surface area contributed by atoms with E-state index in [0.717, 1.165) is 0 Å². The summed E-state index contributed by atoms with van der Waals surface area (Å²) in [6.07, 6.45) is 0.945. The topological polar surface area (TPSA) is 41.1 Å². The Balaban J connectivity index is 2.25. The van der Waals surface area contributed by atoms with Gasteiger partial charge < -0.3 is 0 Å². The Bertz CT molecular complexity index is 695. The van der Waals surface area contributed by atoms with E-state index in [1.54, 1.807) is 22.7 Å². The number of pyridine rings is 1. The lowest BCUT2D eigenvalue weighted by Gasteiger charge is -2.02. The van der Waals surface area contributed by atoms with Crippen LogP contribution in [-0.2, 0) is 0 Å². The summed E-state index contributed by atoms with van der Waals surface area (Å²) in [6.45, 7) is 0. The van der Waals surface area contributed by atoms with E-state index >= 15 is 0 Å². The van der Waals surface area contributed by atoms with Crippen molar-refractivity contribution < 1.29 is 13.2 Å².